The first-order valence-corrected chi connectivity index (χ1v) is 13.3. The van der Waals surface area contributed by atoms with Crippen LogP contribution in [0.5, 0.6) is 17.2 Å². The molecule has 7 nitrogen and oxygen atoms in total. The van der Waals surface area contributed by atoms with Crippen LogP contribution in [0.3, 0.4) is 0 Å². The Balaban J connectivity index is 1.49. The molecule has 2 fully saturated rings. The maximum Gasteiger partial charge on any atom is 0.246 e. The zero-order valence-electron chi connectivity index (χ0n) is 22.8. The van der Waals surface area contributed by atoms with Crippen LogP contribution in [0.15, 0.2) is 36.4 Å². The highest BCUT2D eigenvalue weighted by molar-refractivity contribution is 5.96. The van der Waals surface area contributed by atoms with Crippen molar-refractivity contribution < 1.29 is 23.8 Å². The van der Waals surface area contributed by atoms with Gasteiger partial charge in [0.2, 0.25) is 17.6 Å². The molecule has 2 aromatic rings. The molecule has 2 atom stereocenters. The summed E-state index contributed by atoms with van der Waals surface area (Å²) in [6.07, 6.45) is 7.85. The molecule has 2 aromatic carbocycles. The molecule has 1 heterocycles. The molecule has 2 aliphatic rings. The molecule has 4 rings (SSSR count). The van der Waals surface area contributed by atoms with Gasteiger partial charge in [0.25, 0.3) is 0 Å². The molecule has 0 radical (unpaired) electrons. The van der Waals surface area contributed by atoms with Crippen LogP contribution in [-0.2, 0) is 16.0 Å². The minimum Gasteiger partial charge on any atom is -0.493 e. The summed E-state index contributed by atoms with van der Waals surface area (Å²) >= 11 is 0. The van der Waals surface area contributed by atoms with E-state index in [1.165, 1.54) is 32.1 Å². The fourth-order valence-corrected chi connectivity index (χ4v) is 5.76. The molecule has 1 aliphatic carbocycles. The van der Waals surface area contributed by atoms with Crippen molar-refractivity contribution in [2.45, 2.75) is 64.0 Å². The maximum atomic E-state index is 13.6. The van der Waals surface area contributed by atoms with E-state index in [0.717, 1.165) is 23.1 Å². The van der Waals surface area contributed by atoms with Crippen molar-refractivity contribution in [2.75, 3.05) is 34.9 Å². The van der Waals surface area contributed by atoms with Gasteiger partial charge >= 0.3 is 0 Å². The summed E-state index contributed by atoms with van der Waals surface area (Å²) in [6, 6.07) is 11.0. The number of rotatable bonds is 9. The van der Waals surface area contributed by atoms with Gasteiger partial charge in [0.1, 0.15) is 12.1 Å². The van der Waals surface area contributed by atoms with Gasteiger partial charge in [-0.15, -0.1) is 0 Å². The Morgan fingerprint density at radius 2 is 1.46 bits per heavy atom. The van der Waals surface area contributed by atoms with Crippen LogP contribution < -0.4 is 14.2 Å². The van der Waals surface area contributed by atoms with E-state index in [1.807, 2.05) is 48.2 Å². The molecule has 1 saturated heterocycles. The van der Waals surface area contributed by atoms with Crippen LogP contribution in [0.25, 0.3) is 11.1 Å². The second-order valence-electron chi connectivity index (χ2n) is 10.3. The molecular formula is C30H40N2O5. The Morgan fingerprint density at radius 1 is 0.838 bits per heavy atom. The average molecular weight is 509 g/mol. The quantitative estimate of drug-likeness (QED) is 0.479. The van der Waals surface area contributed by atoms with Gasteiger partial charge in [0, 0.05) is 20.0 Å². The minimum atomic E-state index is -0.484. The number of nitrogens with zero attached hydrogens (tertiary/aromatic N) is 2. The van der Waals surface area contributed by atoms with Crippen molar-refractivity contribution >= 4 is 11.8 Å². The third kappa shape index (κ3) is 5.71. The number of piperazine rings is 1. The zero-order valence-corrected chi connectivity index (χ0v) is 22.8. The molecule has 1 unspecified atom stereocenters. The predicted molar refractivity (Wildman–Crippen MR) is 144 cm³/mol. The first-order valence-electron chi connectivity index (χ1n) is 13.3. The Kier molecular flexibility index (Phi) is 8.62. The number of amides is 2. The molecule has 1 saturated carbocycles. The first kappa shape index (κ1) is 26.8. The second kappa shape index (κ2) is 11.9. The highest BCUT2D eigenvalue weighted by Gasteiger charge is 2.42. The standard InChI is InChI=1S/C30H40N2O5/c1-20-29(33)31(2)25(30(34)32(20)16-15-21-9-7-6-8-10-21)17-22-11-13-23(14-12-22)24-18-26(35-3)28(37-5)27(19-24)36-4/h11-14,18-21,25H,6-10,15-17H2,1-5H3/t20-,25?/m0/s1. The van der Waals surface area contributed by atoms with Crippen LogP contribution in [0, 0.1) is 5.92 Å². The van der Waals surface area contributed by atoms with Crippen LogP contribution in [0.1, 0.15) is 51.0 Å². The fourth-order valence-electron chi connectivity index (χ4n) is 5.76. The van der Waals surface area contributed by atoms with Crippen molar-refractivity contribution in [3.05, 3.63) is 42.0 Å². The summed E-state index contributed by atoms with van der Waals surface area (Å²) in [6.45, 7) is 2.53. The Bertz CT molecular complexity index is 1070. The van der Waals surface area contributed by atoms with E-state index in [-0.39, 0.29) is 11.8 Å². The SMILES string of the molecule is COc1cc(-c2ccc(CC3C(=O)N(CCC4CCCCC4)[C@@H](C)C(=O)N3C)cc2)cc(OC)c1OC. The Labute approximate surface area is 220 Å². The van der Waals surface area contributed by atoms with E-state index >= 15 is 0 Å². The molecule has 2 amide bonds. The van der Waals surface area contributed by atoms with Crippen LogP contribution in [0.4, 0.5) is 0 Å². The summed E-state index contributed by atoms with van der Waals surface area (Å²) in [4.78, 5) is 30.1. The third-order valence-corrected chi connectivity index (χ3v) is 8.09. The smallest absolute Gasteiger partial charge is 0.246 e. The molecule has 0 aromatic heterocycles. The molecule has 37 heavy (non-hydrogen) atoms. The largest absolute Gasteiger partial charge is 0.493 e. The fraction of sp³-hybridized carbons (Fsp3) is 0.533. The van der Waals surface area contributed by atoms with Crippen LogP contribution >= 0.6 is 0 Å². The van der Waals surface area contributed by atoms with E-state index in [0.29, 0.717) is 36.1 Å². The first-order chi connectivity index (χ1) is 17.9. The lowest BCUT2D eigenvalue weighted by Crippen LogP contribution is -2.63. The number of methoxy groups -OCH3 is 3. The second-order valence-corrected chi connectivity index (χ2v) is 10.3. The van der Waals surface area contributed by atoms with Gasteiger partial charge in [-0.25, -0.2) is 0 Å². The van der Waals surface area contributed by atoms with Crippen molar-refractivity contribution in [2.24, 2.45) is 5.92 Å². The van der Waals surface area contributed by atoms with Gasteiger partial charge in [-0.3, -0.25) is 9.59 Å². The third-order valence-electron chi connectivity index (χ3n) is 8.09. The van der Waals surface area contributed by atoms with Crippen molar-refractivity contribution in [1.29, 1.82) is 0 Å². The number of hydrogen-bond donors (Lipinski definition) is 0. The number of hydrogen-bond acceptors (Lipinski definition) is 5. The lowest BCUT2D eigenvalue weighted by molar-refractivity contribution is -0.159. The van der Waals surface area contributed by atoms with Crippen molar-refractivity contribution in [1.82, 2.24) is 9.80 Å². The highest BCUT2D eigenvalue weighted by Crippen LogP contribution is 2.41. The predicted octanol–water partition coefficient (Wildman–Crippen LogP) is 4.95. The van der Waals surface area contributed by atoms with Gasteiger partial charge in [-0.2, -0.15) is 0 Å². The van der Waals surface area contributed by atoms with E-state index in [1.54, 1.807) is 33.3 Å². The molecular weight excluding hydrogens is 468 g/mol. The summed E-state index contributed by atoms with van der Waals surface area (Å²) in [5, 5.41) is 0. The summed E-state index contributed by atoms with van der Waals surface area (Å²) in [7, 11) is 6.54. The summed E-state index contributed by atoms with van der Waals surface area (Å²) in [5.74, 6) is 2.48. The van der Waals surface area contributed by atoms with E-state index in [4.69, 9.17) is 14.2 Å². The van der Waals surface area contributed by atoms with Crippen molar-refractivity contribution in [3.63, 3.8) is 0 Å². The van der Waals surface area contributed by atoms with Crippen LogP contribution in [-0.4, -0.2) is 68.6 Å². The van der Waals surface area contributed by atoms with Crippen LogP contribution in [0.2, 0.25) is 0 Å². The molecule has 0 N–H and O–H groups in total. The lowest BCUT2D eigenvalue weighted by Gasteiger charge is -2.43. The molecule has 0 bridgehead atoms. The highest BCUT2D eigenvalue weighted by atomic mass is 16.5. The average Bonchev–Trinajstić information content (AvgIpc) is 2.94. The molecule has 7 heteroatoms. The van der Waals surface area contributed by atoms with Gasteiger partial charge in [0.05, 0.1) is 21.3 Å². The minimum absolute atomic E-state index is 0.0160. The number of carbonyl (C=O) groups is 2. The molecule has 200 valence electrons. The maximum absolute atomic E-state index is 13.6. The number of likely N-dealkylation sites (N-methyl/N-ethyl adjacent to an activating group) is 1. The van der Waals surface area contributed by atoms with Gasteiger partial charge < -0.3 is 24.0 Å². The van der Waals surface area contributed by atoms with Crippen molar-refractivity contribution in [3.8, 4) is 28.4 Å². The monoisotopic (exact) mass is 508 g/mol. The Morgan fingerprint density at radius 3 is 2.03 bits per heavy atom. The Hall–Kier alpha value is -3.22. The number of carbonyl (C=O) groups excluding carboxylic acids is 2. The summed E-state index contributed by atoms with van der Waals surface area (Å²) in [5.41, 5.74) is 2.94. The lowest BCUT2D eigenvalue weighted by atomic mass is 9.86. The number of benzene rings is 2. The zero-order chi connectivity index (χ0) is 26.5. The van der Waals surface area contributed by atoms with Gasteiger partial charge in [-0.1, -0.05) is 56.4 Å². The van der Waals surface area contributed by atoms with Gasteiger partial charge in [0.15, 0.2) is 11.5 Å². The summed E-state index contributed by atoms with van der Waals surface area (Å²) < 4.78 is 16.4. The normalized spacial score (nSPS) is 20.8. The topological polar surface area (TPSA) is 68.3 Å². The molecule has 1 aliphatic heterocycles. The molecule has 0 spiro atoms. The van der Waals surface area contributed by atoms with E-state index < -0.39 is 12.1 Å². The van der Waals surface area contributed by atoms with Gasteiger partial charge in [-0.05, 0) is 48.1 Å². The number of ether oxygens (including phenoxy) is 3. The van der Waals surface area contributed by atoms with E-state index in [9.17, 15) is 9.59 Å². The van der Waals surface area contributed by atoms with E-state index in [2.05, 4.69) is 0 Å².